The fourth-order valence-corrected chi connectivity index (χ4v) is 4.19. The predicted molar refractivity (Wildman–Crippen MR) is 88.3 cm³/mol. The highest BCUT2D eigenvalue weighted by Crippen LogP contribution is 2.44. The normalized spacial score (nSPS) is 18.4. The van der Waals surface area contributed by atoms with Crippen molar-refractivity contribution in [1.29, 1.82) is 0 Å². The molecular weight excluding hydrogens is 312 g/mol. The summed E-state index contributed by atoms with van der Waals surface area (Å²) < 4.78 is 5.61. The number of Topliss-reactive ketones (excluding diaryl/α,β-unsaturated/α-hetero) is 2. The molecule has 4 heteroatoms. The SMILES string of the molecule is CC1(C)CCCc2c1ccc1c2C(=O)C(=O)c2c(CCl)coc2-1. The molecule has 0 saturated heterocycles. The smallest absolute Gasteiger partial charge is 0.237 e. The van der Waals surface area contributed by atoms with Crippen molar-refractivity contribution in [1.82, 2.24) is 0 Å². The molecule has 1 aromatic carbocycles. The van der Waals surface area contributed by atoms with Gasteiger partial charge in [-0.3, -0.25) is 9.59 Å². The van der Waals surface area contributed by atoms with Gasteiger partial charge >= 0.3 is 0 Å². The molecule has 2 aliphatic carbocycles. The van der Waals surface area contributed by atoms with Crippen molar-refractivity contribution < 1.29 is 14.0 Å². The van der Waals surface area contributed by atoms with Crippen LogP contribution in [0.15, 0.2) is 22.8 Å². The fourth-order valence-electron chi connectivity index (χ4n) is 4.00. The topological polar surface area (TPSA) is 47.3 Å². The molecule has 0 radical (unpaired) electrons. The number of alkyl halides is 1. The van der Waals surface area contributed by atoms with Crippen molar-refractivity contribution in [3.63, 3.8) is 0 Å². The van der Waals surface area contributed by atoms with Crippen LogP contribution < -0.4 is 0 Å². The third-order valence-electron chi connectivity index (χ3n) is 5.19. The third kappa shape index (κ3) is 1.89. The Morgan fingerprint density at radius 3 is 2.65 bits per heavy atom. The molecule has 0 fully saturated rings. The van der Waals surface area contributed by atoms with Crippen LogP contribution >= 0.6 is 11.6 Å². The zero-order valence-corrected chi connectivity index (χ0v) is 13.9. The highest BCUT2D eigenvalue weighted by atomic mass is 35.5. The maximum absolute atomic E-state index is 12.8. The number of carbonyl (C=O) groups excluding carboxylic acids is 2. The Bertz CT molecular complexity index is 858. The summed E-state index contributed by atoms with van der Waals surface area (Å²) >= 11 is 5.87. The van der Waals surface area contributed by atoms with Gasteiger partial charge in [-0.1, -0.05) is 26.0 Å². The van der Waals surface area contributed by atoms with Crippen LogP contribution in [-0.2, 0) is 17.7 Å². The standard InChI is InChI=1S/C19H17ClO3/c1-19(2)7-3-4-11-13(19)6-5-12-15(11)17(22)16(21)14-10(8-20)9-23-18(12)14/h5-6,9H,3-4,7-8H2,1-2H3. The Morgan fingerprint density at radius 2 is 1.91 bits per heavy atom. The minimum absolute atomic E-state index is 0.0245. The van der Waals surface area contributed by atoms with E-state index in [1.807, 2.05) is 6.07 Å². The van der Waals surface area contributed by atoms with E-state index in [0.29, 0.717) is 22.5 Å². The summed E-state index contributed by atoms with van der Waals surface area (Å²) in [7, 11) is 0. The second-order valence-electron chi connectivity index (χ2n) is 7.01. The molecule has 3 nitrogen and oxygen atoms in total. The monoisotopic (exact) mass is 328 g/mol. The summed E-state index contributed by atoms with van der Waals surface area (Å²) in [6, 6.07) is 4.01. The van der Waals surface area contributed by atoms with E-state index >= 15 is 0 Å². The largest absolute Gasteiger partial charge is 0.463 e. The van der Waals surface area contributed by atoms with Crippen molar-refractivity contribution in [2.24, 2.45) is 0 Å². The number of hydrogen-bond acceptors (Lipinski definition) is 3. The zero-order valence-electron chi connectivity index (χ0n) is 13.2. The summed E-state index contributed by atoms with van der Waals surface area (Å²) in [5.74, 6) is -0.263. The highest BCUT2D eigenvalue weighted by Gasteiger charge is 2.39. The lowest BCUT2D eigenvalue weighted by atomic mass is 9.69. The Labute approximate surface area is 139 Å². The average Bonchev–Trinajstić information content (AvgIpc) is 2.95. The first-order valence-electron chi connectivity index (χ1n) is 7.88. The first-order valence-corrected chi connectivity index (χ1v) is 8.41. The minimum Gasteiger partial charge on any atom is -0.463 e. The molecular formula is C19H17ClO3. The zero-order chi connectivity index (χ0) is 16.4. The van der Waals surface area contributed by atoms with Crippen LogP contribution in [-0.4, -0.2) is 11.6 Å². The van der Waals surface area contributed by atoms with Crippen LogP contribution in [0, 0.1) is 0 Å². The summed E-state index contributed by atoms with van der Waals surface area (Å²) in [6.45, 7) is 4.38. The lowest BCUT2D eigenvalue weighted by Gasteiger charge is -2.34. The number of ketones is 2. The van der Waals surface area contributed by atoms with Crippen LogP contribution in [0.5, 0.6) is 0 Å². The number of furan rings is 1. The lowest BCUT2D eigenvalue weighted by Crippen LogP contribution is -2.29. The molecule has 0 amide bonds. The molecule has 2 aromatic rings. The molecule has 118 valence electrons. The summed E-state index contributed by atoms with van der Waals surface area (Å²) in [4.78, 5) is 25.4. The highest BCUT2D eigenvalue weighted by molar-refractivity contribution is 6.53. The van der Waals surface area contributed by atoms with E-state index in [-0.39, 0.29) is 11.3 Å². The average molecular weight is 329 g/mol. The van der Waals surface area contributed by atoms with Gasteiger partial charge in [0.05, 0.1) is 17.7 Å². The van der Waals surface area contributed by atoms with Crippen molar-refractivity contribution in [2.45, 2.75) is 44.4 Å². The number of rotatable bonds is 1. The van der Waals surface area contributed by atoms with E-state index in [0.717, 1.165) is 30.4 Å². The van der Waals surface area contributed by atoms with E-state index in [4.69, 9.17) is 16.0 Å². The molecule has 0 bridgehead atoms. The molecule has 1 aromatic heterocycles. The molecule has 0 aliphatic heterocycles. The van der Waals surface area contributed by atoms with Gasteiger partial charge in [0.2, 0.25) is 11.6 Å². The molecule has 23 heavy (non-hydrogen) atoms. The third-order valence-corrected chi connectivity index (χ3v) is 5.47. The molecule has 0 atom stereocenters. The molecule has 0 saturated carbocycles. The van der Waals surface area contributed by atoms with Gasteiger partial charge in [0.1, 0.15) is 5.76 Å². The van der Waals surface area contributed by atoms with E-state index in [2.05, 4.69) is 19.9 Å². The number of halogens is 1. The molecule has 0 N–H and O–H groups in total. The number of benzene rings is 1. The lowest BCUT2D eigenvalue weighted by molar-refractivity contribution is 0.0813. The van der Waals surface area contributed by atoms with E-state index in [1.165, 1.54) is 11.8 Å². The van der Waals surface area contributed by atoms with Gasteiger partial charge in [-0.15, -0.1) is 11.6 Å². The van der Waals surface area contributed by atoms with Gasteiger partial charge < -0.3 is 4.42 Å². The van der Waals surface area contributed by atoms with Gasteiger partial charge in [-0.25, -0.2) is 0 Å². The van der Waals surface area contributed by atoms with Gasteiger partial charge in [0, 0.05) is 16.7 Å². The van der Waals surface area contributed by atoms with E-state index < -0.39 is 11.6 Å². The van der Waals surface area contributed by atoms with Crippen LogP contribution in [0.1, 0.15) is 64.1 Å². The Balaban J connectivity index is 2.04. The maximum Gasteiger partial charge on any atom is 0.237 e. The van der Waals surface area contributed by atoms with Gasteiger partial charge in [-0.05, 0) is 35.8 Å². The number of carbonyl (C=O) groups is 2. The molecule has 4 rings (SSSR count). The van der Waals surface area contributed by atoms with Crippen molar-refractivity contribution >= 4 is 23.2 Å². The van der Waals surface area contributed by atoms with Crippen molar-refractivity contribution in [3.8, 4) is 11.3 Å². The summed E-state index contributed by atoms with van der Waals surface area (Å²) in [5.41, 5.74) is 4.43. The molecule has 1 heterocycles. The van der Waals surface area contributed by atoms with E-state index in [1.54, 1.807) is 0 Å². The fraction of sp³-hybridized carbons (Fsp3) is 0.368. The first kappa shape index (κ1) is 14.7. The Kier molecular flexibility index (Phi) is 3.08. The summed E-state index contributed by atoms with van der Waals surface area (Å²) in [5, 5.41) is 0. The Hall–Kier alpha value is -1.87. The second-order valence-corrected chi connectivity index (χ2v) is 7.28. The van der Waals surface area contributed by atoms with Crippen molar-refractivity contribution in [3.05, 3.63) is 46.2 Å². The van der Waals surface area contributed by atoms with Gasteiger partial charge in [0.25, 0.3) is 0 Å². The molecule has 2 aliphatic rings. The molecule has 0 unspecified atom stereocenters. The predicted octanol–water partition coefficient (Wildman–Crippen LogP) is 4.68. The van der Waals surface area contributed by atoms with Gasteiger partial charge in [-0.2, -0.15) is 0 Å². The minimum atomic E-state index is -0.492. The Morgan fingerprint density at radius 1 is 1.17 bits per heavy atom. The van der Waals surface area contributed by atoms with Crippen LogP contribution in [0.2, 0.25) is 0 Å². The maximum atomic E-state index is 12.8. The van der Waals surface area contributed by atoms with Crippen molar-refractivity contribution in [2.75, 3.05) is 0 Å². The van der Waals surface area contributed by atoms with E-state index in [9.17, 15) is 9.59 Å². The molecule has 0 spiro atoms. The summed E-state index contributed by atoms with van der Waals surface area (Å²) in [6.07, 6.45) is 4.43. The quantitative estimate of drug-likeness (QED) is 0.564. The first-order chi connectivity index (χ1) is 11.0. The number of hydrogen-bond donors (Lipinski definition) is 0. The van der Waals surface area contributed by atoms with Crippen LogP contribution in [0.3, 0.4) is 0 Å². The second kappa shape index (κ2) is 4.81. The van der Waals surface area contributed by atoms with Crippen LogP contribution in [0.25, 0.3) is 11.3 Å². The van der Waals surface area contributed by atoms with Crippen LogP contribution in [0.4, 0.5) is 0 Å². The van der Waals surface area contributed by atoms with Gasteiger partial charge in [0.15, 0.2) is 0 Å². The number of fused-ring (bicyclic) bond motifs is 5.